The SMILES string of the molecule is O=Cc1ccn(S(=O)(=O)c2ccccc2)n1. The van der Waals surface area contributed by atoms with Crippen LogP contribution in [0.25, 0.3) is 0 Å². The van der Waals surface area contributed by atoms with Gasteiger partial charge in [-0.3, -0.25) is 4.79 Å². The van der Waals surface area contributed by atoms with Crippen molar-refractivity contribution < 1.29 is 13.2 Å². The lowest BCUT2D eigenvalue weighted by Crippen LogP contribution is -2.13. The molecule has 0 amide bonds. The number of rotatable bonds is 3. The minimum Gasteiger partial charge on any atom is -0.296 e. The molecule has 1 aromatic carbocycles. The molecule has 0 aliphatic rings. The van der Waals surface area contributed by atoms with Crippen LogP contribution in [0.1, 0.15) is 10.5 Å². The Morgan fingerprint density at radius 3 is 2.38 bits per heavy atom. The Hall–Kier alpha value is -1.95. The summed E-state index contributed by atoms with van der Waals surface area (Å²) in [4.78, 5) is 10.5. The number of hydrogen-bond acceptors (Lipinski definition) is 4. The van der Waals surface area contributed by atoms with Crippen molar-refractivity contribution in [2.24, 2.45) is 0 Å². The quantitative estimate of drug-likeness (QED) is 0.743. The Morgan fingerprint density at radius 1 is 1.12 bits per heavy atom. The predicted octanol–water partition coefficient (Wildman–Crippen LogP) is 0.933. The van der Waals surface area contributed by atoms with Gasteiger partial charge in [0, 0.05) is 6.20 Å². The van der Waals surface area contributed by atoms with Gasteiger partial charge in [0.05, 0.1) is 4.90 Å². The Kier molecular flexibility index (Phi) is 2.57. The van der Waals surface area contributed by atoms with E-state index in [1.165, 1.54) is 24.4 Å². The zero-order valence-electron chi connectivity index (χ0n) is 8.15. The third-order valence-corrected chi connectivity index (χ3v) is 3.56. The van der Waals surface area contributed by atoms with Crippen molar-refractivity contribution in [2.75, 3.05) is 0 Å². The molecule has 0 aliphatic carbocycles. The molecule has 6 heteroatoms. The first-order chi connectivity index (χ1) is 7.64. The smallest absolute Gasteiger partial charge is 0.282 e. The number of benzene rings is 1. The maximum atomic E-state index is 11.9. The van der Waals surface area contributed by atoms with Crippen LogP contribution in [0.15, 0.2) is 47.5 Å². The van der Waals surface area contributed by atoms with Gasteiger partial charge in [-0.05, 0) is 18.2 Å². The summed E-state index contributed by atoms with van der Waals surface area (Å²) in [6.07, 6.45) is 1.74. The largest absolute Gasteiger partial charge is 0.296 e. The highest BCUT2D eigenvalue weighted by molar-refractivity contribution is 7.89. The highest BCUT2D eigenvalue weighted by Crippen LogP contribution is 2.11. The van der Waals surface area contributed by atoms with Crippen molar-refractivity contribution in [3.8, 4) is 0 Å². The molecule has 0 N–H and O–H groups in total. The molecule has 0 atom stereocenters. The van der Waals surface area contributed by atoms with E-state index in [1.54, 1.807) is 18.2 Å². The summed E-state index contributed by atoms with van der Waals surface area (Å²) in [5.41, 5.74) is 0.0829. The minimum atomic E-state index is -3.68. The van der Waals surface area contributed by atoms with E-state index in [4.69, 9.17) is 0 Å². The lowest BCUT2D eigenvalue weighted by atomic mass is 10.4. The van der Waals surface area contributed by atoms with Gasteiger partial charge >= 0.3 is 0 Å². The molecule has 1 aromatic heterocycles. The van der Waals surface area contributed by atoms with Crippen molar-refractivity contribution in [3.63, 3.8) is 0 Å². The van der Waals surface area contributed by atoms with E-state index in [9.17, 15) is 13.2 Å². The lowest BCUT2D eigenvalue weighted by Gasteiger charge is -2.02. The fourth-order valence-corrected chi connectivity index (χ4v) is 2.36. The Balaban J connectivity index is 2.51. The van der Waals surface area contributed by atoms with Crippen LogP contribution in [0.3, 0.4) is 0 Å². The highest BCUT2D eigenvalue weighted by Gasteiger charge is 2.17. The monoisotopic (exact) mass is 236 g/mol. The zero-order valence-corrected chi connectivity index (χ0v) is 8.96. The fourth-order valence-electron chi connectivity index (χ4n) is 1.22. The molecule has 0 spiro atoms. The number of aldehydes is 1. The van der Waals surface area contributed by atoms with Gasteiger partial charge in [0.2, 0.25) is 0 Å². The van der Waals surface area contributed by atoms with E-state index in [0.29, 0.717) is 6.29 Å². The molecule has 1 heterocycles. The number of nitrogens with zero attached hydrogens (tertiary/aromatic N) is 2. The fraction of sp³-hybridized carbons (Fsp3) is 0. The average Bonchev–Trinajstić information content (AvgIpc) is 2.79. The van der Waals surface area contributed by atoms with E-state index in [-0.39, 0.29) is 10.6 Å². The lowest BCUT2D eigenvalue weighted by molar-refractivity contribution is 0.111. The standard InChI is InChI=1S/C10H8N2O3S/c13-8-9-6-7-12(11-9)16(14,15)10-4-2-1-3-5-10/h1-8H. The van der Waals surface area contributed by atoms with Gasteiger partial charge in [-0.2, -0.15) is 17.6 Å². The first kappa shape index (κ1) is 10.6. The highest BCUT2D eigenvalue weighted by atomic mass is 32.2. The van der Waals surface area contributed by atoms with Crippen LogP contribution in [-0.4, -0.2) is 23.9 Å². The van der Waals surface area contributed by atoms with Crippen molar-refractivity contribution in [1.82, 2.24) is 9.19 Å². The normalized spacial score (nSPS) is 11.2. The summed E-state index contributed by atoms with van der Waals surface area (Å²) >= 11 is 0. The summed E-state index contributed by atoms with van der Waals surface area (Å²) < 4.78 is 24.7. The molecule has 0 saturated heterocycles. The van der Waals surface area contributed by atoms with Crippen LogP contribution >= 0.6 is 0 Å². The zero-order chi connectivity index (χ0) is 11.6. The number of carbonyl (C=O) groups excluding carboxylic acids is 1. The van der Waals surface area contributed by atoms with E-state index >= 15 is 0 Å². The maximum absolute atomic E-state index is 11.9. The third-order valence-electron chi connectivity index (χ3n) is 1.99. The van der Waals surface area contributed by atoms with Crippen LogP contribution in [0.2, 0.25) is 0 Å². The van der Waals surface area contributed by atoms with Gasteiger partial charge < -0.3 is 0 Å². The van der Waals surface area contributed by atoms with Crippen molar-refractivity contribution >= 4 is 16.3 Å². The predicted molar refractivity (Wildman–Crippen MR) is 56.6 cm³/mol. The van der Waals surface area contributed by atoms with E-state index < -0.39 is 10.0 Å². The Labute approximate surface area is 92.4 Å². The van der Waals surface area contributed by atoms with E-state index in [2.05, 4.69) is 5.10 Å². The van der Waals surface area contributed by atoms with E-state index in [1.807, 2.05) is 0 Å². The summed E-state index contributed by atoms with van der Waals surface area (Å²) in [6.45, 7) is 0. The first-order valence-electron chi connectivity index (χ1n) is 4.46. The van der Waals surface area contributed by atoms with Crippen molar-refractivity contribution in [3.05, 3.63) is 48.3 Å². The first-order valence-corrected chi connectivity index (χ1v) is 5.90. The van der Waals surface area contributed by atoms with Gasteiger partial charge in [-0.15, -0.1) is 0 Å². The molecule has 0 aliphatic heterocycles. The second kappa shape index (κ2) is 3.90. The van der Waals surface area contributed by atoms with Crippen LogP contribution in [0.4, 0.5) is 0 Å². The number of carbonyl (C=O) groups is 1. The van der Waals surface area contributed by atoms with Gasteiger partial charge in [0.1, 0.15) is 5.69 Å². The molecular formula is C10H8N2O3S. The summed E-state index contributed by atoms with van der Waals surface area (Å²) in [7, 11) is -3.68. The molecule has 2 aromatic rings. The number of hydrogen-bond donors (Lipinski definition) is 0. The van der Waals surface area contributed by atoms with Crippen LogP contribution < -0.4 is 0 Å². The molecule has 82 valence electrons. The molecule has 0 radical (unpaired) electrons. The van der Waals surface area contributed by atoms with Gasteiger partial charge in [0.15, 0.2) is 6.29 Å². The minimum absolute atomic E-state index is 0.0829. The molecule has 16 heavy (non-hydrogen) atoms. The maximum Gasteiger partial charge on any atom is 0.282 e. The van der Waals surface area contributed by atoms with Crippen LogP contribution in [0.5, 0.6) is 0 Å². The molecule has 0 unspecified atom stereocenters. The molecule has 2 rings (SSSR count). The second-order valence-electron chi connectivity index (χ2n) is 3.05. The summed E-state index contributed by atoms with van der Waals surface area (Å²) in [6, 6.07) is 9.25. The van der Waals surface area contributed by atoms with Crippen molar-refractivity contribution in [2.45, 2.75) is 4.90 Å². The van der Waals surface area contributed by atoms with Gasteiger partial charge in [-0.25, -0.2) is 0 Å². The summed E-state index contributed by atoms with van der Waals surface area (Å²) in [5, 5.41) is 3.64. The van der Waals surface area contributed by atoms with Gasteiger partial charge in [0.25, 0.3) is 10.0 Å². The molecular weight excluding hydrogens is 228 g/mol. The number of aromatic nitrogens is 2. The average molecular weight is 236 g/mol. The van der Waals surface area contributed by atoms with Crippen molar-refractivity contribution in [1.29, 1.82) is 0 Å². The molecule has 0 saturated carbocycles. The Bertz CT molecular complexity index is 602. The van der Waals surface area contributed by atoms with Crippen LogP contribution in [-0.2, 0) is 10.0 Å². The topological polar surface area (TPSA) is 69.0 Å². The molecule has 0 fully saturated rings. The van der Waals surface area contributed by atoms with E-state index in [0.717, 1.165) is 4.09 Å². The van der Waals surface area contributed by atoms with Gasteiger partial charge in [-0.1, -0.05) is 18.2 Å². The second-order valence-corrected chi connectivity index (χ2v) is 4.84. The third kappa shape index (κ3) is 1.74. The summed E-state index contributed by atoms with van der Waals surface area (Å²) in [5.74, 6) is 0. The molecule has 0 bridgehead atoms. The Morgan fingerprint density at radius 2 is 1.81 bits per heavy atom. The van der Waals surface area contributed by atoms with Crippen LogP contribution in [0, 0.1) is 0 Å². The molecule has 5 nitrogen and oxygen atoms in total.